The van der Waals surface area contributed by atoms with Gasteiger partial charge in [-0.1, -0.05) is 13.0 Å². The fourth-order valence-corrected chi connectivity index (χ4v) is 3.04. The summed E-state index contributed by atoms with van der Waals surface area (Å²) in [6.45, 7) is 5.60. The van der Waals surface area contributed by atoms with Crippen LogP contribution in [0.1, 0.15) is 41.6 Å². The minimum Gasteiger partial charge on any atom is -0.356 e. The predicted molar refractivity (Wildman–Crippen MR) is 96.8 cm³/mol. The number of nitrogens with one attached hydrogen (secondary N) is 1. The van der Waals surface area contributed by atoms with Crippen LogP contribution in [0.5, 0.6) is 0 Å². The highest BCUT2D eigenvalue weighted by molar-refractivity contribution is 6.03. The molecule has 1 fully saturated rings. The number of nitrogens with zero attached hydrogens (tertiary/aromatic N) is 3. The number of rotatable bonds is 3. The van der Waals surface area contributed by atoms with E-state index in [9.17, 15) is 18.0 Å². The van der Waals surface area contributed by atoms with Crippen LogP contribution in [0, 0.1) is 12.8 Å². The highest BCUT2D eigenvalue weighted by Crippen LogP contribution is 2.30. The second-order valence-electron chi connectivity index (χ2n) is 6.86. The lowest BCUT2D eigenvalue weighted by Gasteiger charge is -2.31. The second kappa shape index (κ2) is 7.54. The summed E-state index contributed by atoms with van der Waals surface area (Å²) >= 11 is 0. The van der Waals surface area contributed by atoms with E-state index in [2.05, 4.69) is 27.1 Å². The first kappa shape index (κ1) is 19.1. The molecule has 0 aliphatic carbocycles. The number of benzene rings is 1. The van der Waals surface area contributed by atoms with Crippen molar-refractivity contribution in [3.63, 3.8) is 0 Å². The summed E-state index contributed by atoms with van der Waals surface area (Å²) < 4.78 is 38.5. The van der Waals surface area contributed by atoms with Gasteiger partial charge in [0, 0.05) is 24.8 Å². The van der Waals surface area contributed by atoms with E-state index in [1.165, 1.54) is 12.1 Å². The highest BCUT2D eigenvalue weighted by atomic mass is 19.4. The molecule has 1 aromatic carbocycles. The summed E-state index contributed by atoms with van der Waals surface area (Å²) in [6, 6.07) is 6.11. The zero-order valence-corrected chi connectivity index (χ0v) is 15.2. The van der Waals surface area contributed by atoms with Crippen LogP contribution in [0.3, 0.4) is 0 Å². The zero-order valence-electron chi connectivity index (χ0n) is 15.2. The number of carbonyl (C=O) groups excluding carboxylic acids is 1. The lowest BCUT2D eigenvalue weighted by Crippen LogP contribution is -2.34. The van der Waals surface area contributed by atoms with Crippen LogP contribution < -0.4 is 10.2 Å². The van der Waals surface area contributed by atoms with Crippen molar-refractivity contribution in [1.82, 2.24) is 9.97 Å². The summed E-state index contributed by atoms with van der Waals surface area (Å²) in [4.78, 5) is 23.2. The average Bonchev–Trinajstić information content (AvgIpc) is 2.61. The topological polar surface area (TPSA) is 58.1 Å². The van der Waals surface area contributed by atoms with E-state index in [4.69, 9.17) is 0 Å². The Kier molecular flexibility index (Phi) is 5.34. The monoisotopic (exact) mass is 378 g/mol. The van der Waals surface area contributed by atoms with Gasteiger partial charge in [0.25, 0.3) is 5.91 Å². The summed E-state index contributed by atoms with van der Waals surface area (Å²) in [6.07, 6.45) is -2.37. The number of hydrogen-bond donors (Lipinski definition) is 1. The van der Waals surface area contributed by atoms with Crippen LogP contribution in [0.15, 0.2) is 30.3 Å². The quantitative estimate of drug-likeness (QED) is 0.866. The van der Waals surface area contributed by atoms with E-state index in [0.29, 0.717) is 17.6 Å². The van der Waals surface area contributed by atoms with Crippen molar-refractivity contribution in [3.8, 4) is 0 Å². The summed E-state index contributed by atoms with van der Waals surface area (Å²) in [5.74, 6) is 1.21. The number of aryl methyl sites for hydroxylation is 1. The normalized spacial score (nSPS) is 15.7. The molecule has 27 heavy (non-hydrogen) atoms. The Balaban J connectivity index is 1.79. The van der Waals surface area contributed by atoms with Crippen LogP contribution in [0.25, 0.3) is 0 Å². The molecule has 5 nitrogen and oxygen atoms in total. The number of halogens is 3. The van der Waals surface area contributed by atoms with Crippen LogP contribution >= 0.6 is 0 Å². The van der Waals surface area contributed by atoms with E-state index in [0.717, 1.165) is 38.1 Å². The molecule has 144 valence electrons. The first-order valence-corrected chi connectivity index (χ1v) is 8.81. The highest BCUT2D eigenvalue weighted by Gasteiger charge is 2.30. The van der Waals surface area contributed by atoms with Crippen molar-refractivity contribution in [2.45, 2.75) is 32.9 Å². The molecule has 2 heterocycles. The molecule has 2 aromatic rings. The second-order valence-corrected chi connectivity index (χ2v) is 6.86. The van der Waals surface area contributed by atoms with Gasteiger partial charge in [-0.05, 0) is 43.9 Å². The molecule has 0 saturated carbocycles. The fourth-order valence-electron chi connectivity index (χ4n) is 3.04. The number of alkyl halides is 3. The molecular formula is C19H21F3N4O. The number of amides is 1. The molecule has 3 rings (SSSR count). The number of aromatic nitrogens is 2. The van der Waals surface area contributed by atoms with Gasteiger partial charge >= 0.3 is 6.18 Å². The molecule has 0 bridgehead atoms. The van der Waals surface area contributed by atoms with Gasteiger partial charge in [-0.15, -0.1) is 0 Å². The number of carbonyl (C=O) groups is 1. The van der Waals surface area contributed by atoms with Crippen LogP contribution in [-0.4, -0.2) is 29.0 Å². The van der Waals surface area contributed by atoms with E-state index in [-0.39, 0.29) is 11.4 Å². The Morgan fingerprint density at radius 3 is 2.56 bits per heavy atom. The molecule has 1 aliphatic heterocycles. The Morgan fingerprint density at radius 2 is 1.89 bits per heavy atom. The molecular weight excluding hydrogens is 357 g/mol. The minimum absolute atomic E-state index is 0.0689. The third kappa shape index (κ3) is 4.75. The van der Waals surface area contributed by atoms with Crippen LogP contribution in [0.4, 0.5) is 24.7 Å². The first-order valence-electron chi connectivity index (χ1n) is 8.81. The predicted octanol–water partition coefficient (Wildman–Crippen LogP) is 4.29. The van der Waals surface area contributed by atoms with Gasteiger partial charge < -0.3 is 10.2 Å². The molecule has 0 spiro atoms. The molecule has 8 heteroatoms. The molecule has 1 aromatic heterocycles. The maximum Gasteiger partial charge on any atom is 0.416 e. The molecule has 0 atom stereocenters. The van der Waals surface area contributed by atoms with Gasteiger partial charge in [0.2, 0.25) is 0 Å². The van der Waals surface area contributed by atoms with Crippen LogP contribution in [-0.2, 0) is 6.18 Å². The van der Waals surface area contributed by atoms with Crippen molar-refractivity contribution >= 4 is 17.4 Å². The lowest BCUT2D eigenvalue weighted by molar-refractivity contribution is -0.137. The standard InChI is InChI=1S/C19H21F3N4O/c1-12-6-8-26(9-7-12)17-11-16(23-13(2)24-17)18(27)25-15-5-3-4-14(10-15)19(20,21)22/h3-5,10-12H,6-9H2,1-2H3,(H,25,27). The maximum absolute atomic E-state index is 12.8. The molecule has 0 radical (unpaired) electrons. The molecule has 1 aliphatic rings. The molecule has 1 saturated heterocycles. The summed E-state index contributed by atoms with van der Waals surface area (Å²) in [5, 5.41) is 2.49. The van der Waals surface area contributed by atoms with Gasteiger partial charge in [0.05, 0.1) is 5.56 Å². The largest absolute Gasteiger partial charge is 0.416 e. The minimum atomic E-state index is -4.47. The molecule has 1 N–H and O–H groups in total. The van der Waals surface area contributed by atoms with E-state index >= 15 is 0 Å². The Bertz CT molecular complexity index is 830. The van der Waals surface area contributed by atoms with E-state index < -0.39 is 17.6 Å². The lowest BCUT2D eigenvalue weighted by atomic mass is 9.99. The van der Waals surface area contributed by atoms with Gasteiger partial charge in [0.1, 0.15) is 17.3 Å². The maximum atomic E-state index is 12.8. The van der Waals surface area contributed by atoms with Crippen molar-refractivity contribution in [1.29, 1.82) is 0 Å². The number of anilines is 2. The van der Waals surface area contributed by atoms with E-state index in [1.54, 1.807) is 13.0 Å². The van der Waals surface area contributed by atoms with Crippen molar-refractivity contribution in [2.75, 3.05) is 23.3 Å². The van der Waals surface area contributed by atoms with Gasteiger partial charge in [-0.25, -0.2) is 9.97 Å². The molecule has 1 amide bonds. The van der Waals surface area contributed by atoms with Gasteiger partial charge in [-0.3, -0.25) is 4.79 Å². The Labute approximate surface area is 155 Å². The van der Waals surface area contributed by atoms with Gasteiger partial charge in [-0.2, -0.15) is 13.2 Å². The van der Waals surface area contributed by atoms with Crippen LogP contribution in [0.2, 0.25) is 0 Å². The van der Waals surface area contributed by atoms with Crippen molar-refractivity contribution in [3.05, 3.63) is 47.4 Å². The number of piperidine rings is 1. The SMILES string of the molecule is Cc1nc(C(=O)Nc2cccc(C(F)(F)F)c2)cc(N2CCC(C)CC2)n1. The van der Waals surface area contributed by atoms with Crippen molar-refractivity contribution in [2.24, 2.45) is 5.92 Å². The average molecular weight is 378 g/mol. The Hall–Kier alpha value is -2.64. The smallest absolute Gasteiger partial charge is 0.356 e. The van der Waals surface area contributed by atoms with Gasteiger partial charge in [0.15, 0.2) is 0 Å². The third-order valence-corrected chi connectivity index (χ3v) is 4.61. The first-order chi connectivity index (χ1) is 12.7. The zero-order chi connectivity index (χ0) is 19.6. The summed E-state index contributed by atoms with van der Waals surface area (Å²) in [5.41, 5.74) is -0.615. The Morgan fingerprint density at radius 1 is 1.19 bits per heavy atom. The molecule has 0 unspecified atom stereocenters. The fraction of sp³-hybridized carbons (Fsp3) is 0.421. The summed E-state index contributed by atoms with van der Waals surface area (Å²) in [7, 11) is 0. The van der Waals surface area contributed by atoms with Crippen molar-refractivity contribution < 1.29 is 18.0 Å². The number of hydrogen-bond acceptors (Lipinski definition) is 4. The van der Waals surface area contributed by atoms with E-state index in [1.807, 2.05) is 0 Å². The third-order valence-electron chi connectivity index (χ3n) is 4.61.